The molecule has 2 rings (SSSR count). The molecular weight excluding hydrogens is 228 g/mol. The number of nitrogens with two attached hydrogens (primary N) is 1. The lowest BCUT2D eigenvalue weighted by Gasteiger charge is -2.26. The number of carbonyl (C=O) groups excluding carboxylic acids is 2. The van der Waals surface area contributed by atoms with Gasteiger partial charge in [-0.15, -0.1) is 0 Å². The molecule has 1 unspecified atom stereocenters. The van der Waals surface area contributed by atoms with Crippen LogP contribution >= 0.6 is 0 Å². The maximum atomic E-state index is 12.0. The summed E-state index contributed by atoms with van der Waals surface area (Å²) in [5.41, 5.74) is 7.29. The minimum absolute atomic E-state index is 0.0765. The molecule has 4 heteroatoms. The molecule has 0 radical (unpaired) electrons. The molecule has 2 amide bonds. The molecule has 4 nitrogen and oxygen atoms in total. The van der Waals surface area contributed by atoms with Crippen molar-refractivity contribution >= 4 is 17.5 Å². The molecule has 1 saturated heterocycles. The smallest absolute Gasteiger partial charge is 0.229 e. The molecule has 18 heavy (non-hydrogen) atoms. The third kappa shape index (κ3) is 2.53. The van der Waals surface area contributed by atoms with Gasteiger partial charge in [0, 0.05) is 18.5 Å². The Morgan fingerprint density at radius 1 is 1.17 bits per heavy atom. The lowest BCUT2D eigenvalue weighted by molar-refractivity contribution is -0.146. The summed E-state index contributed by atoms with van der Waals surface area (Å²) in [4.78, 5) is 25.4. The highest BCUT2D eigenvalue weighted by molar-refractivity contribution is 5.96. The highest BCUT2D eigenvalue weighted by Gasteiger charge is 2.29. The van der Waals surface area contributed by atoms with E-state index in [1.54, 1.807) is 6.07 Å². The first-order valence-electron chi connectivity index (χ1n) is 6.30. The zero-order valence-electron chi connectivity index (χ0n) is 10.6. The van der Waals surface area contributed by atoms with Crippen LogP contribution in [0.5, 0.6) is 0 Å². The zero-order chi connectivity index (χ0) is 13.1. The predicted octanol–water partition coefficient (Wildman–Crippen LogP) is 2.26. The standard InChI is InChI=1S/C14H18N2O2/c1-10(11-5-4-6-12(15)9-11)16-13(17)7-2-3-8-14(16)18/h4-6,9-10H,2-3,7-8,15H2,1H3. The monoisotopic (exact) mass is 246 g/mol. The van der Waals surface area contributed by atoms with Crippen molar-refractivity contribution < 1.29 is 9.59 Å². The van der Waals surface area contributed by atoms with Crippen LogP contribution in [-0.4, -0.2) is 16.7 Å². The molecule has 1 aliphatic rings. The first-order valence-corrected chi connectivity index (χ1v) is 6.30. The fourth-order valence-corrected chi connectivity index (χ4v) is 2.33. The summed E-state index contributed by atoms with van der Waals surface area (Å²) < 4.78 is 0. The molecule has 1 atom stereocenters. The van der Waals surface area contributed by atoms with E-state index >= 15 is 0 Å². The van der Waals surface area contributed by atoms with Crippen LogP contribution in [0.1, 0.15) is 44.2 Å². The number of amides is 2. The summed E-state index contributed by atoms with van der Waals surface area (Å²) in [6.45, 7) is 1.87. The summed E-state index contributed by atoms with van der Waals surface area (Å²) in [5, 5.41) is 0. The number of likely N-dealkylation sites (tertiary alicyclic amines) is 1. The topological polar surface area (TPSA) is 63.4 Å². The molecule has 96 valence electrons. The van der Waals surface area contributed by atoms with Crippen molar-refractivity contribution in [1.82, 2.24) is 4.90 Å². The van der Waals surface area contributed by atoms with Gasteiger partial charge in [0.2, 0.25) is 11.8 Å². The Labute approximate surface area is 107 Å². The Morgan fingerprint density at radius 2 is 1.78 bits per heavy atom. The Hall–Kier alpha value is -1.84. The maximum Gasteiger partial charge on any atom is 0.229 e. The number of nitrogen functional groups attached to an aromatic ring is 1. The van der Waals surface area contributed by atoms with Crippen LogP contribution in [-0.2, 0) is 9.59 Å². The van der Waals surface area contributed by atoms with E-state index in [2.05, 4.69) is 0 Å². The van der Waals surface area contributed by atoms with Gasteiger partial charge in [-0.2, -0.15) is 0 Å². The molecule has 2 N–H and O–H groups in total. The third-order valence-corrected chi connectivity index (χ3v) is 3.35. The van der Waals surface area contributed by atoms with Gasteiger partial charge in [-0.1, -0.05) is 12.1 Å². The minimum atomic E-state index is -0.244. The molecule has 0 bridgehead atoms. The van der Waals surface area contributed by atoms with Crippen LogP contribution in [0.25, 0.3) is 0 Å². The van der Waals surface area contributed by atoms with E-state index in [9.17, 15) is 9.59 Å². The summed E-state index contributed by atoms with van der Waals surface area (Å²) >= 11 is 0. The lowest BCUT2D eigenvalue weighted by atomic mass is 10.1. The minimum Gasteiger partial charge on any atom is -0.399 e. The van der Waals surface area contributed by atoms with Crippen LogP contribution in [0.2, 0.25) is 0 Å². The van der Waals surface area contributed by atoms with Crippen molar-refractivity contribution in [3.63, 3.8) is 0 Å². The summed E-state index contributed by atoms with van der Waals surface area (Å²) in [7, 11) is 0. The fraction of sp³-hybridized carbons (Fsp3) is 0.429. The SMILES string of the molecule is CC(c1cccc(N)c1)N1C(=O)CCCCC1=O. The Bertz CT molecular complexity index is 453. The number of carbonyl (C=O) groups is 2. The maximum absolute atomic E-state index is 12.0. The summed E-state index contributed by atoms with van der Waals surface area (Å²) in [6.07, 6.45) is 2.51. The van der Waals surface area contributed by atoms with Crippen molar-refractivity contribution in [2.75, 3.05) is 5.73 Å². The van der Waals surface area contributed by atoms with Crippen molar-refractivity contribution in [2.24, 2.45) is 0 Å². The number of anilines is 1. The molecule has 1 fully saturated rings. The Balaban J connectivity index is 2.28. The summed E-state index contributed by atoms with van der Waals surface area (Å²) in [5.74, 6) is -0.153. The first kappa shape index (κ1) is 12.6. The van der Waals surface area contributed by atoms with E-state index < -0.39 is 0 Å². The normalized spacial score (nSPS) is 18.6. The number of hydrogen-bond donors (Lipinski definition) is 1. The van der Waals surface area contributed by atoms with Gasteiger partial charge in [-0.25, -0.2) is 0 Å². The molecule has 0 saturated carbocycles. The quantitative estimate of drug-likeness (QED) is 0.643. The van der Waals surface area contributed by atoms with Crippen LogP contribution in [0, 0.1) is 0 Å². The van der Waals surface area contributed by atoms with E-state index in [1.165, 1.54) is 4.90 Å². The van der Waals surface area contributed by atoms with Gasteiger partial charge in [-0.05, 0) is 37.5 Å². The highest BCUT2D eigenvalue weighted by atomic mass is 16.2. The van der Waals surface area contributed by atoms with E-state index in [1.807, 2.05) is 25.1 Å². The molecular formula is C14H18N2O2. The van der Waals surface area contributed by atoms with Gasteiger partial charge < -0.3 is 5.73 Å². The van der Waals surface area contributed by atoms with Crippen molar-refractivity contribution in [1.29, 1.82) is 0 Å². The highest BCUT2D eigenvalue weighted by Crippen LogP contribution is 2.26. The largest absolute Gasteiger partial charge is 0.399 e. The number of benzene rings is 1. The zero-order valence-corrected chi connectivity index (χ0v) is 10.6. The van der Waals surface area contributed by atoms with Gasteiger partial charge in [0.15, 0.2) is 0 Å². The molecule has 0 aromatic heterocycles. The second kappa shape index (κ2) is 5.21. The van der Waals surface area contributed by atoms with Gasteiger partial charge in [0.25, 0.3) is 0 Å². The molecule has 1 aromatic rings. The summed E-state index contributed by atoms with van der Waals surface area (Å²) in [6, 6.07) is 7.10. The van der Waals surface area contributed by atoms with Crippen molar-refractivity contribution in [2.45, 2.75) is 38.6 Å². The van der Waals surface area contributed by atoms with Crippen LogP contribution in [0.15, 0.2) is 24.3 Å². The fourth-order valence-electron chi connectivity index (χ4n) is 2.33. The number of nitrogens with zero attached hydrogens (tertiary/aromatic N) is 1. The van der Waals surface area contributed by atoms with Gasteiger partial charge >= 0.3 is 0 Å². The number of hydrogen-bond acceptors (Lipinski definition) is 3. The first-order chi connectivity index (χ1) is 8.59. The van der Waals surface area contributed by atoms with E-state index in [0.717, 1.165) is 18.4 Å². The average molecular weight is 246 g/mol. The van der Waals surface area contributed by atoms with E-state index in [-0.39, 0.29) is 17.9 Å². The van der Waals surface area contributed by atoms with Gasteiger partial charge in [-0.3, -0.25) is 14.5 Å². The van der Waals surface area contributed by atoms with Crippen molar-refractivity contribution in [3.05, 3.63) is 29.8 Å². The van der Waals surface area contributed by atoms with E-state index in [0.29, 0.717) is 18.5 Å². The molecule has 0 spiro atoms. The van der Waals surface area contributed by atoms with Crippen LogP contribution in [0.4, 0.5) is 5.69 Å². The lowest BCUT2D eigenvalue weighted by Crippen LogP contribution is -2.37. The average Bonchev–Trinajstić information content (AvgIpc) is 2.50. The van der Waals surface area contributed by atoms with E-state index in [4.69, 9.17) is 5.73 Å². The van der Waals surface area contributed by atoms with Crippen LogP contribution < -0.4 is 5.73 Å². The van der Waals surface area contributed by atoms with Crippen LogP contribution in [0.3, 0.4) is 0 Å². The molecule has 1 aliphatic heterocycles. The molecule has 1 heterocycles. The van der Waals surface area contributed by atoms with Gasteiger partial charge in [0.1, 0.15) is 0 Å². The second-order valence-electron chi connectivity index (χ2n) is 4.71. The Morgan fingerprint density at radius 3 is 2.33 bits per heavy atom. The predicted molar refractivity (Wildman–Crippen MR) is 69.6 cm³/mol. The second-order valence-corrected chi connectivity index (χ2v) is 4.71. The molecule has 1 aromatic carbocycles. The molecule has 0 aliphatic carbocycles. The van der Waals surface area contributed by atoms with Crippen molar-refractivity contribution in [3.8, 4) is 0 Å². The number of rotatable bonds is 2. The number of imide groups is 1. The third-order valence-electron chi connectivity index (χ3n) is 3.35. The Kier molecular flexibility index (Phi) is 3.65. The van der Waals surface area contributed by atoms with Gasteiger partial charge in [0.05, 0.1) is 6.04 Å².